The average Bonchev–Trinajstić information content (AvgIpc) is 3.00. The minimum atomic E-state index is -4.64. The van der Waals surface area contributed by atoms with E-state index in [4.69, 9.17) is 15.3 Å². The number of nitrogens with one attached hydrogen (secondary N) is 1. The number of ether oxygens (including phenoxy) is 1. The van der Waals surface area contributed by atoms with Crippen LogP contribution >= 0.6 is 0 Å². The number of hydrogen-bond donors (Lipinski definition) is 4. The number of hydrogen-bond acceptors (Lipinski definition) is 8. The number of carbonyl (C=O) groups is 2. The first-order valence-electron chi connectivity index (χ1n) is 16.3. The van der Waals surface area contributed by atoms with Crippen molar-refractivity contribution < 1.29 is 37.7 Å². The first-order valence-corrected chi connectivity index (χ1v) is 16.3. The van der Waals surface area contributed by atoms with Crippen molar-refractivity contribution in [2.45, 2.75) is 95.4 Å². The molecular weight excluding hydrogens is 613 g/mol. The van der Waals surface area contributed by atoms with Crippen LogP contribution in [0.2, 0.25) is 0 Å². The number of alkyl halides is 3. The van der Waals surface area contributed by atoms with E-state index in [2.05, 4.69) is 27.2 Å². The number of carbonyl (C=O) groups excluding carboxylic acids is 2. The Labute approximate surface area is 277 Å². The normalized spacial score (nSPS) is 18.1. The van der Waals surface area contributed by atoms with Gasteiger partial charge in [-0.1, -0.05) is 60.7 Å². The second-order valence-electron chi connectivity index (χ2n) is 13.2. The van der Waals surface area contributed by atoms with Gasteiger partial charge in [-0.2, -0.15) is 13.2 Å². The highest BCUT2D eigenvalue weighted by atomic mass is 19.4. The van der Waals surface area contributed by atoms with Crippen molar-refractivity contribution in [1.82, 2.24) is 15.1 Å². The van der Waals surface area contributed by atoms with Crippen LogP contribution in [0.3, 0.4) is 0 Å². The van der Waals surface area contributed by atoms with Gasteiger partial charge in [0.2, 0.25) is 6.29 Å². The zero-order valence-corrected chi connectivity index (χ0v) is 27.9. The third-order valence-corrected chi connectivity index (χ3v) is 7.64. The molecule has 0 aliphatic carbocycles. The summed E-state index contributed by atoms with van der Waals surface area (Å²) in [5, 5.41) is 23.2. The van der Waals surface area contributed by atoms with Gasteiger partial charge in [0, 0.05) is 38.3 Å². The standard InChI is InChI=1S/C19H30N2O3.C14H22N2O.C2HF3O/c1-19(2,3)24-18(23)20-16-9-11-21(12-10-16)14-17(22)13-15-7-5-4-6-8-15;15-13-6-8-16(9-7-13)11-14(17)10-12-4-2-1-3-5-12;3-2(4,5)1-6/h4-8,16-17,22H,9-14H2,1-3H3,(H,20,23);1-5,13-14,17H,6-11,15H2;1H. The van der Waals surface area contributed by atoms with E-state index in [1.165, 1.54) is 5.56 Å². The fourth-order valence-corrected chi connectivity index (χ4v) is 5.37. The summed E-state index contributed by atoms with van der Waals surface area (Å²) in [5.41, 5.74) is 7.76. The van der Waals surface area contributed by atoms with Gasteiger partial charge < -0.3 is 35.8 Å². The van der Waals surface area contributed by atoms with E-state index in [9.17, 15) is 28.2 Å². The number of benzene rings is 2. The lowest BCUT2D eigenvalue weighted by Gasteiger charge is -2.33. The molecule has 0 spiro atoms. The third-order valence-electron chi connectivity index (χ3n) is 7.64. The molecule has 2 atom stereocenters. The minimum Gasteiger partial charge on any atom is -0.444 e. The number of β-amino-alcohol motifs (C(OH)–C–C–N with tert-alkyl or cyclic N) is 2. The van der Waals surface area contributed by atoms with E-state index in [0.717, 1.165) is 70.4 Å². The van der Waals surface area contributed by atoms with Crippen LogP contribution in [0, 0.1) is 0 Å². The highest BCUT2D eigenvalue weighted by molar-refractivity contribution is 5.68. The number of aldehydes is 1. The van der Waals surface area contributed by atoms with Crippen LogP contribution in [0.4, 0.5) is 18.0 Å². The van der Waals surface area contributed by atoms with Crippen molar-refractivity contribution in [2.75, 3.05) is 39.3 Å². The maximum absolute atomic E-state index is 11.8. The first-order chi connectivity index (χ1) is 22.1. The summed E-state index contributed by atoms with van der Waals surface area (Å²) in [6, 6.07) is 20.7. The number of aliphatic hydroxyl groups excluding tert-OH is 2. The number of nitrogens with zero attached hydrogens (tertiary/aromatic N) is 2. The summed E-state index contributed by atoms with van der Waals surface area (Å²) < 4.78 is 36.5. The summed E-state index contributed by atoms with van der Waals surface area (Å²) >= 11 is 0. The largest absolute Gasteiger partial charge is 0.446 e. The number of nitrogens with two attached hydrogens (primary N) is 1. The van der Waals surface area contributed by atoms with E-state index >= 15 is 0 Å². The Bertz CT molecular complexity index is 1140. The Balaban J connectivity index is 0.000000289. The maximum atomic E-state index is 11.8. The second kappa shape index (κ2) is 20.4. The smallest absolute Gasteiger partial charge is 0.444 e. The predicted molar refractivity (Wildman–Crippen MR) is 177 cm³/mol. The van der Waals surface area contributed by atoms with Gasteiger partial charge in [-0.25, -0.2) is 4.79 Å². The van der Waals surface area contributed by atoms with Gasteiger partial charge in [-0.15, -0.1) is 0 Å². The summed E-state index contributed by atoms with van der Waals surface area (Å²) in [5.74, 6) is 0. The quantitative estimate of drug-likeness (QED) is 0.291. The van der Waals surface area contributed by atoms with Gasteiger partial charge in [0.15, 0.2) is 0 Å². The van der Waals surface area contributed by atoms with Crippen LogP contribution in [0.5, 0.6) is 0 Å². The topological polar surface area (TPSA) is 128 Å². The van der Waals surface area contributed by atoms with Gasteiger partial charge in [-0.3, -0.25) is 4.79 Å². The molecule has 2 aromatic rings. The van der Waals surface area contributed by atoms with Crippen LogP contribution in [-0.4, -0.2) is 108 Å². The zero-order valence-electron chi connectivity index (χ0n) is 27.9. The van der Waals surface area contributed by atoms with Crippen molar-refractivity contribution in [3.05, 3.63) is 71.8 Å². The van der Waals surface area contributed by atoms with Crippen LogP contribution in [0.1, 0.15) is 57.6 Å². The first kappa shape index (κ1) is 40.1. The van der Waals surface area contributed by atoms with Crippen LogP contribution < -0.4 is 11.1 Å². The molecule has 2 saturated heterocycles. The summed E-state index contributed by atoms with van der Waals surface area (Å²) in [4.78, 5) is 25.1. The molecule has 5 N–H and O–H groups in total. The molecule has 2 aliphatic heterocycles. The number of rotatable bonds is 9. The molecule has 0 saturated carbocycles. The van der Waals surface area contributed by atoms with E-state index < -0.39 is 18.1 Å². The number of amides is 1. The monoisotopic (exact) mass is 666 g/mol. The lowest BCUT2D eigenvalue weighted by Crippen LogP contribution is -2.47. The fraction of sp³-hybridized carbons (Fsp3) is 0.600. The Morgan fingerprint density at radius 3 is 1.60 bits per heavy atom. The van der Waals surface area contributed by atoms with Gasteiger partial charge in [0.05, 0.1) is 12.2 Å². The number of alkyl carbamates (subject to hydrolysis) is 1. The molecule has 1 amide bonds. The number of piperidine rings is 2. The highest BCUT2D eigenvalue weighted by Crippen LogP contribution is 2.15. The molecule has 0 bridgehead atoms. The van der Waals surface area contributed by atoms with E-state index in [-0.39, 0.29) is 24.3 Å². The van der Waals surface area contributed by atoms with Gasteiger partial charge in [0.25, 0.3) is 0 Å². The maximum Gasteiger partial charge on any atom is 0.446 e. The minimum absolute atomic E-state index is 0.155. The van der Waals surface area contributed by atoms with Crippen molar-refractivity contribution in [2.24, 2.45) is 5.73 Å². The SMILES string of the molecule is CC(C)(C)OC(=O)NC1CCN(CC(O)Cc2ccccc2)CC1.NC1CCN(CC(O)Cc2ccccc2)CC1.O=CC(F)(F)F. The predicted octanol–water partition coefficient (Wildman–Crippen LogP) is 4.34. The number of halogens is 3. The zero-order chi connectivity index (χ0) is 34.9. The lowest BCUT2D eigenvalue weighted by molar-refractivity contribution is -0.156. The molecule has 2 fully saturated rings. The van der Waals surface area contributed by atoms with Crippen molar-refractivity contribution in [1.29, 1.82) is 0 Å². The summed E-state index contributed by atoms with van der Waals surface area (Å²) in [7, 11) is 0. The lowest BCUT2D eigenvalue weighted by atomic mass is 10.0. The molecule has 2 unspecified atom stereocenters. The molecule has 47 heavy (non-hydrogen) atoms. The molecule has 0 aromatic heterocycles. The molecule has 12 heteroatoms. The van der Waals surface area contributed by atoms with Gasteiger partial charge in [0.1, 0.15) is 5.60 Å². The van der Waals surface area contributed by atoms with Crippen molar-refractivity contribution in [3.63, 3.8) is 0 Å². The molecule has 9 nitrogen and oxygen atoms in total. The number of likely N-dealkylation sites (tertiary alicyclic amines) is 2. The van der Waals surface area contributed by atoms with E-state index in [1.807, 2.05) is 69.3 Å². The molecule has 2 aromatic carbocycles. The van der Waals surface area contributed by atoms with Crippen molar-refractivity contribution >= 4 is 12.4 Å². The molecular formula is C35H53F3N4O5. The second-order valence-corrected chi connectivity index (χ2v) is 13.2. The average molecular weight is 667 g/mol. The van der Waals surface area contributed by atoms with Gasteiger partial charge >= 0.3 is 12.3 Å². The number of aliphatic hydroxyl groups is 2. The molecule has 2 heterocycles. The Morgan fingerprint density at radius 1 is 0.851 bits per heavy atom. The van der Waals surface area contributed by atoms with Gasteiger partial charge in [-0.05, 0) is 83.5 Å². The summed E-state index contributed by atoms with van der Waals surface area (Å²) in [6.07, 6.45) is -1.38. The fourth-order valence-electron chi connectivity index (χ4n) is 5.37. The Kier molecular flexibility index (Phi) is 17.4. The molecule has 2 aliphatic rings. The third kappa shape index (κ3) is 19.4. The summed E-state index contributed by atoms with van der Waals surface area (Å²) in [6.45, 7) is 10.8. The van der Waals surface area contributed by atoms with Crippen LogP contribution in [0.25, 0.3) is 0 Å². The highest BCUT2D eigenvalue weighted by Gasteiger charge is 2.25. The van der Waals surface area contributed by atoms with Crippen LogP contribution in [0.15, 0.2) is 60.7 Å². The van der Waals surface area contributed by atoms with Crippen molar-refractivity contribution in [3.8, 4) is 0 Å². The molecule has 264 valence electrons. The molecule has 0 radical (unpaired) electrons. The molecule has 4 rings (SSSR count). The Morgan fingerprint density at radius 2 is 1.23 bits per heavy atom. The van der Waals surface area contributed by atoms with E-state index in [1.54, 1.807) is 0 Å². The van der Waals surface area contributed by atoms with Crippen LogP contribution in [-0.2, 0) is 22.4 Å². The van der Waals surface area contributed by atoms with E-state index in [0.29, 0.717) is 19.0 Å². The Hall–Kier alpha value is -3.03.